The summed E-state index contributed by atoms with van der Waals surface area (Å²) >= 11 is 0. The van der Waals surface area contributed by atoms with E-state index < -0.39 is 0 Å². The third-order valence-corrected chi connectivity index (χ3v) is 5.74. The summed E-state index contributed by atoms with van der Waals surface area (Å²) in [5.74, 6) is 2.22. The Morgan fingerprint density at radius 2 is 1.74 bits per heavy atom. The molecule has 0 saturated carbocycles. The molecule has 2 aromatic carbocycles. The number of aromatic nitrogens is 1. The maximum atomic E-state index is 13.4. The van der Waals surface area contributed by atoms with E-state index in [4.69, 9.17) is 14.2 Å². The molecule has 0 aliphatic carbocycles. The van der Waals surface area contributed by atoms with E-state index in [0.29, 0.717) is 63.0 Å². The fraction of sp³-hybridized carbons (Fsp3) is 0.333. The largest absolute Gasteiger partial charge is 0.494 e. The average molecular weight is 462 g/mol. The standard InChI is InChI=1S/C27H31N3O4/c1-3-30-17-16-29(20-21-10-5-6-12-23(21)32-4-2)18-19-33-24-13-7-8-14-25(24)34-26-22(27(30)31)11-9-15-28-26/h5-15H,3-4,16-20H2,1-2H3. The first-order chi connectivity index (χ1) is 16.7. The molecule has 0 radical (unpaired) electrons. The number of ether oxygens (including phenoxy) is 3. The van der Waals surface area contributed by atoms with Gasteiger partial charge in [0.1, 0.15) is 17.9 Å². The monoisotopic (exact) mass is 461 g/mol. The van der Waals surface area contributed by atoms with Gasteiger partial charge in [-0.3, -0.25) is 9.69 Å². The lowest BCUT2D eigenvalue weighted by atomic mass is 10.2. The summed E-state index contributed by atoms with van der Waals surface area (Å²) in [7, 11) is 0. The average Bonchev–Trinajstić information content (AvgIpc) is 2.87. The Hall–Kier alpha value is -3.58. The van der Waals surface area contributed by atoms with Crippen LogP contribution >= 0.6 is 0 Å². The number of carbonyl (C=O) groups excluding carboxylic acids is 1. The molecule has 0 spiro atoms. The SMILES string of the molecule is CCOc1ccccc1CN1CCOc2ccccc2Oc2ncccc2C(=O)N(CC)CC1. The molecule has 1 aliphatic rings. The molecule has 3 aromatic rings. The second-order valence-corrected chi connectivity index (χ2v) is 7.96. The van der Waals surface area contributed by atoms with Gasteiger partial charge in [-0.05, 0) is 44.2 Å². The maximum absolute atomic E-state index is 13.4. The molecule has 34 heavy (non-hydrogen) atoms. The third kappa shape index (κ3) is 5.66. The highest BCUT2D eigenvalue weighted by Gasteiger charge is 2.22. The number of carbonyl (C=O) groups is 1. The van der Waals surface area contributed by atoms with Crippen molar-refractivity contribution in [3.63, 3.8) is 0 Å². The number of likely N-dealkylation sites (N-methyl/N-ethyl adjacent to an activating group) is 1. The molecule has 0 atom stereocenters. The molecule has 7 nitrogen and oxygen atoms in total. The van der Waals surface area contributed by atoms with Gasteiger partial charge in [0, 0.05) is 44.5 Å². The molecule has 0 fully saturated rings. The lowest BCUT2D eigenvalue weighted by Crippen LogP contribution is -2.39. The van der Waals surface area contributed by atoms with E-state index >= 15 is 0 Å². The minimum absolute atomic E-state index is 0.0992. The quantitative estimate of drug-likeness (QED) is 0.552. The molecular weight excluding hydrogens is 430 g/mol. The second-order valence-electron chi connectivity index (χ2n) is 7.96. The molecular formula is C27H31N3O4. The van der Waals surface area contributed by atoms with Gasteiger partial charge in [0.05, 0.1) is 6.61 Å². The van der Waals surface area contributed by atoms with Gasteiger partial charge in [-0.1, -0.05) is 30.3 Å². The number of para-hydroxylation sites is 3. The molecule has 0 saturated heterocycles. The summed E-state index contributed by atoms with van der Waals surface area (Å²) in [6.45, 7) is 8.31. The fourth-order valence-corrected chi connectivity index (χ4v) is 3.95. The van der Waals surface area contributed by atoms with E-state index in [1.165, 1.54) is 0 Å². The van der Waals surface area contributed by atoms with Gasteiger partial charge in [-0.2, -0.15) is 0 Å². The van der Waals surface area contributed by atoms with Crippen molar-refractivity contribution in [2.24, 2.45) is 0 Å². The van der Waals surface area contributed by atoms with Gasteiger partial charge in [0.2, 0.25) is 5.88 Å². The number of hydrogen-bond acceptors (Lipinski definition) is 6. The first-order valence-electron chi connectivity index (χ1n) is 11.8. The highest BCUT2D eigenvalue weighted by Crippen LogP contribution is 2.32. The van der Waals surface area contributed by atoms with Crippen molar-refractivity contribution in [3.8, 4) is 23.1 Å². The smallest absolute Gasteiger partial charge is 0.259 e. The van der Waals surface area contributed by atoms with Crippen LogP contribution in [-0.2, 0) is 6.54 Å². The summed E-state index contributed by atoms with van der Waals surface area (Å²) < 4.78 is 18.0. The van der Waals surface area contributed by atoms with Gasteiger partial charge in [-0.15, -0.1) is 0 Å². The fourth-order valence-electron chi connectivity index (χ4n) is 3.95. The normalized spacial score (nSPS) is 15.0. The summed E-state index contributed by atoms with van der Waals surface area (Å²) in [6, 6.07) is 19.1. The van der Waals surface area contributed by atoms with E-state index in [1.54, 1.807) is 18.3 Å². The van der Waals surface area contributed by atoms with Crippen LogP contribution in [0.1, 0.15) is 29.8 Å². The van der Waals surface area contributed by atoms with Crippen molar-refractivity contribution < 1.29 is 19.0 Å². The van der Waals surface area contributed by atoms with Crippen molar-refractivity contribution in [3.05, 3.63) is 78.0 Å². The van der Waals surface area contributed by atoms with Crippen molar-refractivity contribution in [1.29, 1.82) is 0 Å². The van der Waals surface area contributed by atoms with Crippen LogP contribution in [0.4, 0.5) is 0 Å². The Morgan fingerprint density at radius 3 is 2.56 bits per heavy atom. The predicted molar refractivity (Wildman–Crippen MR) is 131 cm³/mol. The van der Waals surface area contributed by atoms with Crippen LogP contribution in [0.25, 0.3) is 0 Å². The van der Waals surface area contributed by atoms with E-state index in [2.05, 4.69) is 16.0 Å². The highest BCUT2D eigenvalue weighted by molar-refractivity contribution is 5.96. The van der Waals surface area contributed by atoms with E-state index in [-0.39, 0.29) is 11.8 Å². The summed E-state index contributed by atoms with van der Waals surface area (Å²) in [5, 5.41) is 0. The van der Waals surface area contributed by atoms with Gasteiger partial charge < -0.3 is 19.1 Å². The number of benzene rings is 2. The second kappa shape index (κ2) is 11.5. The van der Waals surface area contributed by atoms with Crippen LogP contribution in [0.15, 0.2) is 66.9 Å². The van der Waals surface area contributed by atoms with Crippen LogP contribution in [0, 0.1) is 0 Å². The van der Waals surface area contributed by atoms with E-state index in [0.717, 1.165) is 11.3 Å². The molecule has 7 heteroatoms. The minimum atomic E-state index is -0.0992. The van der Waals surface area contributed by atoms with Gasteiger partial charge in [-0.25, -0.2) is 4.98 Å². The van der Waals surface area contributed by atoms with Crippen molar-refractivity contribution >= 4 is 5.91 Å². The van der Waals surface area contributed by atoms with Gasteiger partial charge in [0.15, 0.2) is 11.5 Å². The Bertz CT molecular complexity index is 1100. The molecule has 0 bridgehead atoms. The summed E-state index contributed by atoms with van der Waals surface area (Å²) in [5.41, 5.74) is 1.55. The third-order valence-electron chi connectivity index (χ3n) is 5.74. The van der Waals surface area contributed by atoms with Crippen LogP contribution in [0.5, 0.6) is 23.1 Å². The van der Waals surface area contributed by atoms with Crippen LogP contribution in [0.3, 0.4) is 0 Å². The first-order valence-corrected chi connectivity index (χ1v) is 11.8. The zero-order valence-corrected chi connectivity index (χ0v) is 19.8. The maximum Gasteiger partial charge on any atom is 0.259 e. The molecule has 4 rings (SSSR count). The number of amides is 1. The number of pyridine rings is 1. The van der Waals surface area contributed by atoms with E-state index in [1.807, 2.05) is 61.2 Å². The Morgan fingerprint density at radius 1 is 0.941 bits per heavy atom. The Labute approximate surface area is 200 Å². The Balaban J connectivity index is 1.64. The van der Waals surface area contributed by atoms with Crippen LogP contribution in [0.2, 0.25) is 0 Å². The molecule has 178 valence electrons. The lowest BCUT2D eigenvalue weighted by molar-refractivity contribution is 0.0736. The number of hydrogen-bond donors (Lipinski definition) is 0. The molecule has 2 heterocycles. The van der Waals surface area contributed by atoms with Crippen LogP contribution in [-0.4, -0.2) is 60.1 Å². The zero-order chi connectivity index (χ0) is 23.8. The Kier molecular flexibility index (Phi) is 7.99. The molecule has 1 amide bonds. The van der Waals surface area contributed by atoms with Gasteiger partial charge in [0.25, 0.3) is 5.91 Å². The van der Waals surface area contributed by atoms with Crippen molar-refractivity contribution in [2.45, 2.75) is 20.4 Å². The minimum Gasteiger partial charge on any atom is -0.494 e. The van der Waals surface area contributed by atoms with Crippen molar-refractivity contribution in [1.82, 2.24) is 14.8 Å². The van der Waals surface area contributed by atoms with E-state index in [9.17, 15) is 4.79 Å². The molecule has 0 unspecified atom stereocenters. The lowest BCUT2D eigenvalue weighted by Gasteiger charge is -2.27. The number of rotatable bonds is 5. The molecule has 0 N–H and O–H groups in total. The zero-order valence-electron chi connectivity index (χ0n) is 19.8. The molecule has 1 aromatic heterocycles. The van der Waals surface area contributed by atoms with Crippen molar-refractivity contribution in [2.75, 3.05) is 39.4 Å². The highest BCUT2D eigenvalue weighted by atomic mass is 16.5. The van der Waals surface area contributed by atoms with Crippen LogP contribution < -0.4 is 14.2 Å². The topological polar surface area (TPSA) is 64.1 Å². The summed E-state index contributed by atoms with van der Waals surface area (Å²) in [4.78, 5) is 21.9. The molecule has 1 aliphatic heterocycles. The first kappa shape index (κ1) is 23.6. The predicted octanol–water partition coefficient (Wildman–Crippen LogP) is 4.63. The summed E-state index contributed by atoms with van der Waals surface area (Å²) in [6.07, 6.45) is 1.63. The number of nitrogens with zero attached hydrogens (tertiary/aromatic N) is 3. The number of fused-ring (bicyclic) bond motifs is 2. The van der Waals surface area contributed by atoms with Gasteiger partial charge >= 0.3 is 0 Å².